The lowest BCUT2D eigenvalue weighted by atomic mass is 10.0. The summed E-state index contributed by atoms with van der Waals surface area (Å²) in [6.45, 7) is 2.23. The molecule has 28 heavy (non-hydrogen) atoms. The molecule has 2 aromatic carbocycles. The minimum Gasteiger partial charge on any atom is -0.462 e. The Labute approximate surface area is 161 Å². The summed E-state index contributed by atoms with van der Waals surface area (Å²) in [5, 5.41) is 11.6. The molecule has 1 heterocycles. The fraction of sp³-hybridized carbons (Fsp3) is 0.238. The fourth-order valence-electron chi connectivity index (χ4n) is 2.94. The Bertz CT molecular complexity index is 1010. The van der Waals surface area contributed by atoms with Crippen LogP contribution < -0.4 is 0 Å². The molecule has 0 spiro atoms. The molecule has 0 amide bonds. The lowest BCUT2D eigenvalue weighted by Crippen LogP contribution is -2.25. The van der Waals surface area contributed by atoms with Crippen molar-refractivity contribution in [2.75, 3.05) is 6.61 Å². The molecule has 1 atom stereocenters. The smallest absolute Gasteiger partial charge is 0.338 e. The molecule has 0 saturated carbocycles. The van der Waals surface area contributed by atoms with Crippen LogP contribution in [0.4, 0.5) is 0 Å². The average Bonchev–Trinajstić information content (AvgIpc) is 3.12. The van der Waals surface area contributed by atoms with E-state index in [1.807, 2.05) is 22.9 Å². The van der Waals surface area contributed by atoms with Crippen molar-refractivity contribution in [1.29, 1.82) is 0 Å². The summed E-state index contributed by atoms with van der Waals surface area (Å²) in [4.78, 5) is 34.3. The number of nitrogens with zero attached hydrogens (tertiary/aromatic N) is 2. The Morgan fingerprint density at radius 2 is 1.86 bits per heavy atom. The molecule has 0 bridgehead atoms. The number of ketones is 1. The number of aromatic nitrogens is 1. The van der Waals surface area contributed by atoms with Crippen molar-refractivity contribution >= 4 is 22.7 Å². The first-order valence-corrected chi connectivity index (χ1v) is 8.96. The third kappa shape index (κ3) is 4.25. The zero-order chi connectivity index (χ0) is 20.1. The first-order valence-electron chi connectivity index (χ1n) is 8.96. The number of aryl methyl sites for hydroxylation is 1. The molecule has 0 N–H and O–H groups in total. The molecule has 1 aromatic heterocycles. The van der Waals surface area contributed by atoms with Crippen molar-refractivity contribution in [3.8, 4) is 0 Å². The summed E-state index contributed by atoms with van der Waals surface area (Å²) >= 11 is 0. The predicted molar refractivity (Wildman–Crippen MR) is 104 cm³/mol. The molecule has 1 unspecified atom stereocenters. The van der Waals surface area contributed by atoms with Crippen LogP contribution in [-0.4, -0.2) is 33.9 Å². The second-order valence-corrected chi connectivity index (χ2v) is 6.46. The van der Waals surface area contributed by atoms with Gasteiger partial charge in [0, 0.05) is 41.1 Å². The van der Waals surface area contributed by atoms with E-state index in [2.05, 4.69) is 0 Å². The molecule has 0 aliphatic rings. The topological polar surface area (TPSA) is 91.4 Å². The second kappa shape index (κ2) is 8.47. The van der Waals surface area contributed by atoms with Gasteiger partial charge in [-0.05, 0) is 42.8 Å². The van der Waals surface area contributed by atoms with Crippen LogP contribution in [-0.2, 0) is 11.3 Å². The number of benzene rings is 2. The molecule has 7 heteroatoms. The van der Waals surface area contributed by atoms with Crippen LogP contribution in [0.2, 0.25) is 0 Å². The van der Waals surface area contributed by atoms with Gasteiger partial charge in [0.05, 0.1) is 12.2 Å². The summed E-state index contributed by atoms with van der Waals surface area (Å²) in [5.74, 6) is -0.853. The molecular formula is C21H20N2O5. The first-order chi connectivity index (χ1) is 13.5. The minimum absolute atomic E-state index is 0.296. The zero-order valence-corrected chi connectivity index (χ0v) is 15.4. The van der Waals surface area contributed by atoms with Crippen molar-refractivity contribution < 1.29 is 19.2 Å². The van der Waals surface area contributed by atoms with Crippen molar-refractivity contribution in [2.24, 2.45) is 0 Å². The number of rotatable bonds is 8. The highest BCUT2D eigenvalue weighted by molar-refractivity contribution is 6.02. The van der Waals surface area contributed by atoms with Crippen LogP contribution in [0.15, 0.2) is 60.8 Å². The summed E-state index contributed by atoms with van der Waals surface area (Å²) < 4.78 is 7.27. The van der Waals surface area contributed by atoms with Crippen LogP contribution in [0.3, 0.4) is 0 Å². The first kappa shape index (κ1) is 19.3. The summed E-state index contributed by atoms with van der Waals surface area (Å²) in [6, 6.07) is 14.5. The average molecular weight is 380 g/mol. The summed E-state index contributed by atoms with van der Waals surface area (Å²) in [5.41, 5.74) is 1.76. The van der Waals surface area contributed by atoms with Gasteiger partial charge < -0.3 is 9.30 Å². The van der Waals surface area contributed by atoms with Crippen molar-refractivity contribution in [1.82, 2.24) is 4.57 Å². The number of esters is 1. The van der Waals surface area contributed by atoms with Crippen molar-refractivity contribution in [2.45, 2.75) is 25.9 Å². The zero-order valence-electron chi connectivity index (χ0n) is 15.4. The number of hydrogen-bond donors (Lipinski definition) is 0. The van der Waals surface area contributed by atoms with Gasteiger partial charge in [-0.15, -0.1) is 0 Å². The van der Waals surface area contributed by atoms with E-state index in [0.717, 1.165) is 10.9 Å². The number of Topliss-reactive ketones (excluding diaryl/α,β-unsaturated/α-hetero) is 1. The third-order valence-electron chi connectivity index (χ3n) is 4.54. The molecular weight excluding hydrogens is 360 g/mol. The Morgan fingerprint density at radius 1 is 1.11 bits per heavy atom. The second-order valence-electron chi connectivity index (χ2n) is 6.46. The maximum absolute atomic E-state index is 12.1. The number of hydrogen-bond acceptors (Lipinski definition) is 5. The molecule has 0 saturated heterocycles. The fourth-order valence-corrected chi connectivity index (χ4v) is 2.94. The molecule has 0 aliphatic carbocycles. The summed E-state index contributed by atoms with van der Waals surface area (Å²) in [6.07, 6.45) is 2.52. The maximum atomic E-state index is 12.1. The van der Waals surface area contributed by atoms with Gasteiger partial charge in [0.25, 0.3) is 6.04 Å². The van der Waals surface area contributed by atoms with Gasteiger partial charge in [-0.3, -0.25) is 14.9 Å². The number of carbonyl (C=O) groups is 2. The van der Waals surface area contributed by atoms with Gasteiger partial charge in [0.15, 0.2) is 0 Å². The molecule has 0 radical (unpaired) electrons. The van der Waals surface area contributed by atoms with E-state index in [4.69, 9.17) is 4.74 Å². The van der Waals surface area contributed by atoms with E-state index < -0.39 is 16.7 Å². The summed E-state index contributed by atoms with van der Waals surface area (Å²) in [7, 11) is 0. The van der Waals surface area contributed by atoms with Gasteiger partial charge in [-0.2, -0.15) is 0 Å². The monoisotopic (exact) mass is 380 g/mol. The van der Waals surface area contributed by atoms with Gasteiger partial charge >= 0.3 is 5.97 Å². The maximum Gasteiger partial charge on any atom is 0.338 e. The molecule has 3 aromatic rings. The number of ether oxygens (including phenoxy) is 1. The Hall–Kier alpha value is -3.48. The van der Waals surface area contributed by atoms with E-state index in [0.29, 0.717) is 30.7 Å². The van der Waals surface area contributed by atoms with E-state index in [1.165, 1.54) is 6.92 Å². The Kier molecular flexibility index (Phi) is 5.84. The van der Waals surface area contributed by atoms with Crippen molar-refractivity contribution in [3.05, 3.63) is 82.0 Å². The standard InChI is InChI=1S/C21H20N2O5/c1-15(23(26)27)20(24)18-8-9-19-17(14-18)10-12-22(19)11-5-13-28-21(25)16-6-3-2-4-7-16/h2-4,6-10,12,14-15H,5,11,13H2,1H3. The van der Waals surface area contributed by atoms with Crippen LogP contribution >= 0.6 is 0 Å². The SMILES string of the molecule is CC(C(=O)c1ccc2c(ccn2CCCOC(=O)c2ccccc2)c1)[N+](=O)[O-]. The van der Waals surface area contributed by atoms with Crippen LogP contribution in [0.5, 0.6) is 0 Å². The quantitative estimate of drug-likeness (QED) is 0.195. The van der Waals surface area contributed by atoms with Crippen LogP contribution in [0.1, 0.15) is 34.1 Å². The Balaban J connectivity index is 1.59. The minimum atomic E-state index is -1.26. The number of fused-ring (bicyclic) bond motifs is 1. The Morgan fingerprint density at radius 3 is 2.57 bits per heavy atom. The normalized spacial score (nSPS) is 11.9. The van der Waals surface area contributed by atoms with Gasteiger partial charge in [-0.1, -0.05) is 18.2 Å². The molecule has 0 aliphatic heterocycles. The number of nitro groups is 1. The highest BCUT2D eigenvalue weighted by Gasteiger charge is 2.25. The lowest BCUT2D eigenvalue weighted by molar-refractivity contribution is -0.500. The van der Waals surface area contributed by atoms with E-state index in [9.17, 15) is 19.7 Å². The highest BCUT2D eigenvalue weighted by Crippen LogP contribution is 2.19. The van der Waals surface area contributed by atoms with Crippen LogP contribution in [0, 0.1) is 10.1 Å². The highest BCUT2D eigenvalue weighted by atomic mass is 16.6. The van der Waals surface area contributed by atoms with E-state index >= 15 is 0 Å². The number of carbonyl (C=O) groups excluding carboxylic acids is 2. The van der Waals surface area contributed by atoms with E-state index in [-0.39, 0.29) is 5.97 Å². The lowest BCUT2D eigenvalue weighted by Gasteiger charge is -2.08. The van der Waals surface area contributed by atoms with Gasteiger partial charge in [-0.25, -0.2) is 4.79 Å². The molecule has 144 valence electrons. The van der Waals surface area contributed by atoms with E-state index in [1.54, 1.807) is 42.5 Å². The predicted octanol–water partition coefficient (Wildman–Crippen LogP) is 3.74. The van der Waals surface area contributed by atoms with Crippen molar-refractivity contribution in [3.63, 3.8) is 0 Å². The van der Waals surface area contributed by atoms with Crippen LogP contribution in [0.25, 0.3) is 10.9 Å². The largest absolute Gasteiger partial charge is 0.462 e. The third-order valence-corrected chi connectivity index (χ3v) is 4.54. The molecule has 0 fully saturated rings. The van der Waals surface area contributed by atoms with Gasteiger partial charge in [0.1, 0.15) is 0 Å². The molecule has 3 rings (SSSR count). The molecule has 7 nitrogen and oxygen atoms in total. The van der Waals surface area contributed by atoms with Gasteiger partial charge in [0.2, 0.25) is 5.78 Å².